The molecule has 2 aromatic carbocycles. The molecule has 0 fully saturated rings. The third kappa shape index (κ3) is 3.21. The Kier molecular flexibility index (Phi) is 4.47. The third-order valence-electron chi connectivity index (χ3n) is 2.58. The van der Waals surface area contributed by atoms with Crippen LogP contribution in [0.2, 0.25) is 10.0 Å². The maximum absolute atomic E-state index is 13.6. The predicted molar refractivity (Wildman–Crippen MR) is 77.4 cm³/mol. The lowest BCUT2D eigenvalue weighted by Gasteiger charge is -2.08. The summed E-state index contributed by atoms with van der Waals surface area (Å²) in [6.07, 6.45) is 0. The summed E-state index contributed by atoms with van der Waals surface area (Å²) in [5.41, 5.74) is 0.296. The summed E-state index contributed by atoms with van der Waals surface area (Å²) in [7, 11) is 1.49. The highest BCUT2D eigenvalue weighted by Gasteiger charge is 2.13. The predicted octanol–water partition coefficient (Wildman–Crippen LogP) is 4.39. The highest BCUT2D eigenvalue weighted by atomic mass is 35.5. The summed E-state index contributed by atoms with van der Waals surface area (Å²) in [5.74, 6) is -0.767. The molecule has 3 nitrogen and oxygen atoms in total. The number of methoxy groups -OCH3 is 1. The van der Waals surface area contributed by atoms with Gasteiger partial charge < -0.3 is 10.1 Å². The molecular formula is C14H10Cl2FNO2. The number of carbonyl (C=O) groups excluding carboxylic acids is 1. The summed E-state index contributed by atoms with van der Waals surface area (Å²) in [5, 5.41) is 3.17. The average Bonchev–Trinajstić information content (AvgIpc) is 2.41. The Hall–Kier alpha value is -1.78. The van der Waals surface area contributed by atoms with Crippen LogP contribution in [0.1, 0.15) is 10.4 Å². The molecule has 0 saturated heterocycles. The fourth-order valence-corrected chi connectivity index (χ4v) is 2.04. The van der Waals surface area contributed by atoms with E-state index in [1.54, 1.807) is 12.1 Å². The van der Waals surface area contributed by atoms with Crippen molar-refractivity contribution in [1.82, 2.24) is 0 Å². The van der Waals surface area contributed by atoms with Gasteiger partial charge in [0, 0.05) is 10.7 Å². The highest BCUT2D eigenvalue weighted by molar-refractivity contribution is 6.32. The highest BCUT2D eigenvalue weighted by Crippen LogP contribution is 2.27. The number of carbonyl (C=O) groups is 1. The first-order valence-corrected chi connectivity index (χ1v) is 6.37. The van der Waals surface area contributed by atoms with Gasteiger partial charge in [-0.05, 0) is 36.4 Å². The second kappa shape index (κ2) is 6.11. The van der Waals surface area contributed by atoms with Crippen molar-refractivity contribution in [1.29, 1.82) is 0 Å². The fourth-order valence-electron chi connectivity index (χ4n) is 1.61. The molecule has 0 aromatic heterocycles. The molecule has 20 heavy (non-hydrogen) atoms. The van der Waals surface area contributed by atoms with Gasteiger partial charge in [0.25, 0.3) is 5.91 Å². The van der Waals surface area contributed by atoms with Crippen LogP contribution in [-0.4, -0.2) is 13.0 Å². The second-order valence-electron chi connectivity index (χ2n) is 3.93. The Bertz CT molecular complexity index is 662. The van der Waals surface area contributed by atoms with Crippen LogP contribution >= 0.6 is 23.2 Å². The van der Waals surface area contributed by atoms with Gasteiger partial charge in [-0.2, -0.15) is 0 Å². The normalized spacial score (nSPS) is 10.2. The van der Waals surface area contributed by atoms with E-state index in [0.29, 0.717) is 16.5 Å². The number of amides is 1. The minimum absolute atomic E-state index is 0.135. The summed E-state index contributed by atoms with van der Waals surface area (Å²) >= 11 is 11.7. The Morgan fingerprint density at radius 1 is 1.20 bits per heavy atom. The number of benzene rings is 2. The molecular weight excluding hydrogens is 304 g/mol. The molecule has 0 bridgehead atoms. The first kappa shape index (κ1) is 14.6. The molecule has 0 heterocycles. The van der Waals surface area contributed by atoms with Crippen LogP contribution in [0.5, 0.6) is 5.75 Å². The fraction of sp³-hybridized carbons (Fsp3) is 0.0714. The smallest absolute Gasteiger partial charge is 0.258 e. The molecule has 0 atom stereocenters. The lowest BCUT2D eigenvalue weighted by Crippen LogP contribution is -2.13. The van der Waals surface area contributed by atoms with E-state index in [1.807, 2.05) is 0 Å². The lowest BCUT2D eigenvalue weighted by molar-refractivity contribution is 0.102. The van der Waals surface area contributed by atoms with Crippen LogP contribution in [-0.2, 0) is 0 Å². The lowest BCUT2D eigenvalue weighted by atomic mass is 10.2. The molecule has 104 valence electrons. The zero-order valence-corrected chi connectivity index (χ0v) is 11.9. The zero-order chi connectivity index (χ0) is 14.7. The molecule has 1 N–H and O–H groups in total. The van der Waals surface area contributed by atoms with Crippen LogP contribution in [0, 0.1) is 5.82 Å². The molecule has 0 unspecified atom stereocenters. The van der Waals surface area contributed by atoms with Crippen molar-refractivity contribution in [2.75, 3.05) is 12.4 Å². The summed E-state index contributed by atoms with van der Waals surface area (Å²) < 4.78 is 18.6. The van der Waals surface area contributed by atoms with Crippen molar-refractivity contribution in [2.24, 2.45) is 0 Å². The first-order valence-electron chi connectivity index (χ1n) is 5.61. The van der Waals surface area contributed by atoms with Crippen LogP contribution in [0.25, 0.3) is 0 Å². The topological polar surface area (TPSA) is 38.3 Å². The average molecular weight is 314 g/mol. The minimum Gasteiger partial charge on any atom is -0.495 e. The van der Waals surface area contributed by atoms with Gasteiger partial charge in [0.2, 0.25) is 0 Å². The quantitative estimate of drug-likeness (QED) is 0.912. The number of hydrogen-bond acceptors (Lipinski definition) is 2. The molecule has 0 saturated carbocycles. The van der Waals surface area contributed by atoms with E-state index in [9.17, 15) is 9.18 Å². The van der Waals surface area contributed by atoms with Crippen molar-refractivity contribution in [2.45, 2.75) is 0 Å². The van der Waals surface area contributed by atoms with Crippen LogP contribution in [0.3, 0.4) is 0 Å². The van der Waals surface area contributed by atoms with E-state index in [0.717, 1.165) is 6.07 Å². The number of rotatable bonds is 3. The van der Waals surface area contributed by atoms with Gasteiger partial charge in [-0.15, -0.1) is 0 Å². The van der Waals surface area contributed by atoms with Crippen molar-refractivity contribution < 1.29 is 13.9 Å². The van der Waals surface area contributed by atoms with Gasteiger partial charge in [-0.3, -0.25) is 4.79 Å². The van der Waals surface area contributed by atoms with E-state index >= 15 is 0 Å². The van der Waals surface area contributed by atoms with Gasteiger partial charge in [-0.25, -0.2) is 4.39 Å². The van der Waals surface area contributed by atoms with Crippen LogP contribution in [0.4, 0.5) is 10.1 Å². The van der Waals surface area contributed by atoms with E-state index in [2.05, 4.69) is 5.32 Å². The second-order valence-corrected chi connectivity index (χ2v) is 4.77. The number of anilines is 1. The monoisotopic (exact) mass is 313 g/mol. The van der Waals surface area contributed by atoms with Crippen molar-refractivity contribution in [3.05, 3.63) is 57.8 Å². The molecule has 2 aromatic rings. The molecule has 0 aliphatic heterocycles. The van der Waals surface area contributed by atoms with E-state index in [1.165, 1.54) is 25.3 Å². The van der Waals surface area contributed by atoms with Crippen LogP contribution < -0.4 is 10.1 Å². The van der Waals surface area contributed by atoms with Crippen molar-refractivity contribution in [3.63, 3.8) is 0 Å². The molecule has 0 radical (unpaired) electrons. The van der Waals surface area contributed by atoms with Crippen molar-refractivity contribution >= 4 is 34.8 Å². The zero-order valence-electron chi connectivity index (χ0n) is 10.4. The Balaban J connectivity index is 2.23. The summed E-state index contributed by atoms with van der Waals surface area (Å²) in [4.78, 5) is 12.0. The Labute approximate surface area is 125 Å². The number of ether oxygens (including phenoxy) is 1. The molecule has 1 amide bonds. The maximum atomic E-state index is 13.6. The molecule has 0 aliphatic rings. The maximum Gasteiger partial charge on any atom is 0.258 e. The first-order chi connectivity index (χ1) is 9.51. The van der Waals surface area contributed by atoms with Crippen LogP contribution in [0.15, 0.2) is 36.4 Å². The molecule has 2 rings (SSSR count). The van der Waals surface area contributed by atoms with Gasteiger partial charge in [0.05, 0.1) is 17.7 Å². The number of halogens is 3. The van der Waals surface area contributed by atoms with Crippen molar-refractivity contribution in [3.8, 4) is 5.75 Å². The van der Waals surface area contributed by atoms with Gasteiger partial charge in [-0.1, -0.05) is 23.2 Å². The molecule has 6 heteroatoms. The number of nitrogens with one attached hydrogen (secondary N) is 1. The summed E-state index contributed by atoms with van der Waals surface area (Å²) in [6, 6.07) is 8.49. The van der Waals surface area contributed by atoms with Gasteiger partial charge in [0.1, 0.15) is 11.6 Å². The van der Waals surface area contributed by atoms with E-state index in [-0.39, 0.29) is 10.6 Å². The van der Waals surface area contributed by atoms with E-state index in [4.69, 9.17) is 27.9 Å². The Morgan fingerprint density at radius 3 is 2.60 bits per heavy atom. The van der Waals surface area contributed by atoms with Gasteiger partial charge >= 0.3 is 0 Å². The minimum atomic E-state index is -0.647. The Morgan fingerprint density at radius 2 is 1.95 bits per heavy atom. The van der Waals surface area contributed by atoms with E-state index < -0.39 is 11.7 Å². The standard InChI is InChI=1S/C14H10Cl2FNO2/c1-20-13-5-3-9(7-11(13)16)18-14(19)10-6-8(15)2-4-12(10)17/h2-7H,1H3,(H,18,19). The molecule has 0 aliphatic carbocycles. The third-order valence-corrected chi connectivity index (χ3v) is 3.11. The molecule has 0 spiro atoms. The number of hydrogen-bond donors (Lipinski definition) is 1. The SMILES string of the molecule is COc1ccc(NC(=O)c2cc(Cl)ccc2F)cc1Cl. The largest absolute Gasteiger partial charge is 0.495 e. The summed E-state index contributed by atoms with van der Waals surface area (Å²) in [6.45, 7) is 0. The van der Waals surface area contributed by atoms with Gasteiger partial charge in [0.15, 0.2) is 0 Å².